The second kappa shape index (κ2) is 19.2. The highest BCUT2D eigenvalue weighted by atomic mass is 16.5. The lowest BCUT2D eigenvalue weighted by atomic mass is 9.96. The number of hydrogen-bond donors (Lipinski definition) is 5. The molecule has 0 unspecified atom stereocenters. The third-order valence-electron chi connectivity index (χ3n) is 8.92. The summed E-state index contributed by atoms with van der Waals surface area (Å²) in [7, 11) is 1.55. The molecule has 0 aliphatic rings. The Labute approximate surface area is 299 Å². The molecule has 0 spiro atoms. The van der Waals surface area contributed by atoms with Gasteiger partial charge in [-0.25, -0.2) is 4.98 Å². The van der Waals surface area contributed by atoms with Gasteiger partial charge in [0.15, 0.2) is 11.5 Å². The Bertz CT molecular complexity index is 1690. The van der Waals surface area contributed by atoms with Gasteiger partial charge in [0.05, 0.1) is 19.6 Å². The molecule has 12 heteroatoms. The molecule has 6 N–H and O–H groups in total. The van der Waals surface area contributed by atoms with Crippen LogP contribution in [0.25, 0.3) is 11.1 Å². The molecule has 4 rings (SSSR count). The van der Waals surface area contributed by atoms with Gasteiger partial charge in [0.25, 0.3) is 0 Å². The topological polar surface area (TPSA) is 178 Å². The van der Waals surface area contributed by atoms with Crippen LogP contribution in [0, 0.1) is 5.92 Å². The second-order valence-electron chi connectivity index (χ2n) is 12.6. The number of carbonyl (C=O) groups excluding carboxylic acids is 4. The Morgan fingerprint density at radius 2 is 1.45 bits per heavy atom. The quantitative estimate of drug-likeness (QED) is 0.0899. The Hall–Kier alpha value is -5.23. The van der Waals surface area contributed by atoms with E-state index >= 15 is 0 Å². The van der Waals surface area contributed by atoms with Crippen molar-refractivity contribution in [1.82, 2.24) is 26.3 Å². The fraction of sp³-hybridized carbons (Fsp3) is 0.410. The molecule has 4 atom stereocenters. The minimum atomic E-state index is -1.08. The number of fused-ring (bicyclic) bond motifs is 1. The van der Waals surface area contributed by atoms with Crippen LogP contribution in [-0.4, -0.2) is 60.4 Å². The highest BCUT2D eigenvalue weighted by Crippen LogP contribution is 2.24. The van der Waals surface area contributed by atoms with Gasteiger partial charge in [-0.2, -0.15) is 0 Å². The van der Waals surface area contributed by atoms with E-state index in [0.717, 1.165) is 11.1 Å². The van der Waals surface area contributed by atoms with Crippen LogP contribution < -0.4 is 31.7 Å². The van der Waals surface area contributed by atoms with Gasteiger partial charge in [-0.1, -0.05) is 87.9 Å². The molecule has 0 aliphatic heterocycles. The van der Waals surface area contributed by atoms with Crippen LogP contribution in [0.2, 0.25) is 0 Å². The maximum Gasteiger partial charge on any atom is 0.243 e. The Kier molecular flexibility index (Phi) is 14.5. The Balaban J connectivity index is 1.55. The van der Waals surface area contributed by atoms with Gasteiger partial charge in [-0.15, -0.1) is 0 Å². The highest BCUT2D eigenvalue weighted by Gasteiger charge is 2.33. The molecule has 0 fully saturated rings. The smallest absolute Gasteiger partial charge is 0.243 e. The largest absolute Gasteiger partial charge is 0.497 e. The number of nitrogens with two attached hydrogens (primary N) is 1. The molecule has 0 saturated carbocycles. The van der Waals surface area contributed by atoms with Crippen LogP contribution >= 0.6 is 0 Å². The molecule has 51 heavy (non-hydrogen) atoms. The summed E-state index contributed by atoms with van der Waals surface area (Å²) in [5, 5.41) is 11.7. The first kappa shape index (κ1) is 38.6. The molecule has 0 aliphatic carbocycles. The lowest BCUT2D eigenvalue weighted by molar-refractivity contribution is -0.134. The van der Waals surface area contributed by atoms with Crippen LogP contribution in [0.5, 0.6) is 5.75 Å². The van der Waals surface area contributed by atoms with E-state index < -0.39 is 36.0 Å². The van der Waals surface area contributed by atoms with Gasteiger partial charge in [0.2, 0.25) is 23.6 Å². The number of unbranched alkanes of at least 4 members (excludes halogenated alkanes) is 1. The van der Waals surface area contributed by atoms with Crippen molar-refractivity contribution in [2.45, 2.75) is 83.5 Å². The van der Waals surface area contributed by atoms with Crippen LogP contribution in [0.3, 0.4) is 0 Å². The number of benzene rings is 3. The molecule has 0 bridgehead atoms. The van der Waals surface area contributed by atoms with Crippen molar-refractivity contribution in [2.24, 2.45) is 11.7 Å². The number of hydrogen-bond acceptors (Lipinski definition) is 8. The van der Waals surface area contributed by atoms with E-state index in [1.807, 2.05) is 74.5 Å². The lowest BCUT2D eigenvalue weighted by Crippen LogP contribution is -2.59. The summed E-state index contributed by atoms with van der Waals surface area (Å²) in [6.07, 6.45) is 2.30. The van der Waals surface area contributed by atoms with Crippen molar-refractivity contribution in [1.29, 1.82) is 0 Å². The van der Waals surface area contributed by atoms with Crippen molar-refractivity contribution in [2.75, 3.05) is 13.7 Å². The van der Waals surface area contributed by atoms with Gasteiger partial charge < -0.3 is 36.2 Å². The van der Waals surface area contributed by atoms with Crippen molar-refractivity contribution >= 4 is 34.7 Å². The van der Waals surface area contributed by atoms with Crippen LogP contribution in [0.15, 0.2) is 83.3 Å². The third-order valence-corrected chi connectivity index (χ3v) is 8.92. The molecule has 0 saturated heterocycles. The number of rotatable bonds is 19. The van der Waals surface area contributed by atoms with Gasteiger partial charge in [0.1, 0.15) is 29.4 Å². The summed E-state index contributed by atoms with van der Waals surface area (Å²) in [5.74, 6) is -1.25. The zero-order valence-corrected chi connectivity index (χ0v) is 29.8. The first-order valence-corrected chi connectivity index (χ1v) is 17.6. The van der Waals surface area contributed by atoms with E-state index in [4.69, 9.17) is 14.9 Å². The number of oxazole rings is 1. The summed E-state index contributed by atoms with van der Waals surface area (Å²) in [6, 6.07) is 21.0. The fourth-order valence-corrected chi connectivity index (χ4v) is 5.72. The third kappa shape index (κ3) is 10.9. The van der Waals surface area contributed by atoms with E-state index in [0.29, 0.717) is 49.1 Å². The zero-order valence-electron chi connectivity index (χ0n) is 29.8. The van der Waals surface area contributed by atoms with Crippen LogP contribution in [0.1, 0.15) is 75.9 Å². The summed E-state index contributed by atoms with van der Waals surface area (Å²) in [4.78, 5) is 58.9. The molecular weight excluding hydrogens is 648 g/mol. The highest BCUT2D eigenvalue weighted by molar-refractivity contribution is 5.94. The van der Waals surface area contributed by atoms with E-state index in [9.17, 15) is 19.2 Å². The maximum absolute atomic E-state index is 14.0. The summed E-state index contributed by atoms with van der Waals surface area (Å²) >= 11 is 0. The number of carbonyl (C=O) groups is 4. The van der Waals surface area contributed by atoms with E-state index in [-0.39, 0.29) is 36.5 Å². The first-order valence-electron chi connectivity index (χ1n) is 17.6. The van der Waals surface area contributed by atoms with Crippen molar-refractivity contribution in [3.63, 3.8) is 0 Å². The predicted octanol–water partition coefficient (Wildman–Crippen LogP) is 4.32. The average molecular weight is 699 g/mol. The van der Waals surface area contributed by atoms with Crippen molar-refractivity contribution in [3.05, 3.63) is 95.9 Å². The number of aromatic nitrogens is 1. The molecule has 0 radical (unpaired) electrons. The van der Waals surface area contributed by atoms with Crippen molar-refractivity contribution < 1.29 is 28.3 Å². The maximum atomic E-state index is 14.0. The minimum Gasteiger partial charge on any atom is -0.497 e. The normalized spacial score (nSPS) is 13.5. The lowest BCUT2D eigenvalue weighted by Gasteiger charge is -2.29. The summed E-state index contributed by atoms with van der Waals surface area (Å²) in [5.41, 5.74) is 8.61. The predicted molar refractivity (Wildman–Crippen MR) is 196 cm³/mol. The standard InChI is InChI=1S/C39H50N6O6/c1-5-25(3)35(44-38(48)31(41-33(46)6-2)24-34-42-29-21-20-28(50-4)23-32(29)51-34)39(49)43-30(19-13-14-22-40)37(47)45-36(26-15-9-7-10-16-26)27-17-11-8-12-18-27/h7-12,15-18,20-21,23,25,30-31,35-36H,5-6,13-14,19,22,24,40H2,1-4H3,(H,41,46)(H,43,49)(H,44,48)(H,45,47)/t25-,30-,31-,35-/m0/s1. The van der Waals surface area contributed by atoms with Gasteiger partial charge in [0, 0.05) is 12.5 Å². The number of ether oxygens (including phenoxy) is 1. The Morgan fingerprint density at radius 3 is 2.04 bits per heavy atom. The van der Waals surface area contributed by atoms with Crippen LogP contribution in [-0.2, 0) is 25.6 Å². The monoisotopic (exact) mass is 698 g/mol. The molecule has 272 valence electrons. The molecule has 3 aromatic carbocycles. The number of amides is 4. The molecule has 1 heterocycles. The molecule has 1 aromatic heterocycles. The SMILES string of the molecule is CCC(=O)N[C@@H](Cc1nc2ccc(OC)cc2o1)C(=O)N[C@H](C(=O)N[C@@H](CCCCN)C(=O)NC(c1ccccc1)c1ccccc1)[C@@H](C)CC. The van der Waals surface area contributed by atoms with Gasteiger partial charge >= 0.3 is 0 Å². The molecule has 4 amide bonds. The van der Waals surface area contributed by atoms with E-state index in [2.05, 4.69) is 26.3 Å². The Morgan fingerprint density at radius 1 is 0.804 bits per heavy atom. The number of methoxy groups -OCH3 is 1. The minimum absolute atomic E-state index is 0.0477. The van der Waals surface area contributed by atoms with Crippen molar-refractivity contribution in [3.8, 4) is 5.75 Å². The van der Waals surface area contributed by atoms with Gasteiger partial charge in [-0.3, -0.25) is 19.2 Å². The number of nitrogens with zero attached hydrogens (tertiary/aromatic N) is 1. The molecule has 4 aromatic rings. The summed E-state index contributed by atoms with van der Waals surface area (Å²) in [6.45, 7) is 5.89. The van der Waals surface area contributed by atoms with Crippen LogP contribution in [0.4, 0.5) is 0 Å². The zero-order chi connectivity index (χ0) is 36.8. The van der Waals surface area contributed by atoms with E-state index in [1.54, 1.807) is 32.2 Å². The van der Waals surface area contributed by atoms with Gasteiger partial charge in [-0.05, 0) is 55.0 Å². The first-order chi connectivity index (χ1) is 24.7. The summed E-state index contributed by atoms with van der Waals surface area (Å²) < 4.78 is 11.2. The fourth-order valence-electron chi connectivity index (χ4n) is 5.72. The average Bonchev–Trinajstić information content (AvgIpc) is 3.57. The molecular formula is C39H50N6O6. The molecule has 12 nitrogen and oxygen atoms in total. The number of nitrogens with one attached hydrogen (secondary N) is 4. The van der Waals surface area contributed by atoms with E-state index in [1.165, 1.54) is 0 Å². The second-order valence-corrected chi connectivity index (χ2v) is 12.6.